The second kappa shape index (κ2) is 12.9. The first kappa shape index (κ1) is 28.4. The highest BCUT2D eigenvalue weighted by molar-refractivity contribution is 7.89. The van der Waals surface area contributed by atoms with E-state index in [1.165, 1.54) is 42.6 Å². The Morgan fingerprint density at radius 1 is 0.972 bits per heavy atom. The SMILES string of the molecule is CC[C@H](C(=O)NC1CCCCC1)N(Cc1ccc(Cl)cc1)C(=O)CN(C)S(=O)(=O)c1ccc(Cl)cc1. The number of carbonyl (C=O) groups excluding carboxylic acids is 2. The minimum Gasteiger partial charge on any atom is -0.352 e. The predicted octanol–water partition coefficient (Wildman–Crippen LogP) is 4.87. The van der Waals surface area contributed by atoms with Gasteiger partial charge >= 0.3 is 0 Å². The van der Waals surface area contributed by atoms with E-state index in [-0.39, 0.29) is 23.4 Å². The van der Waals surface area contributed by atoms with Crippen molar-refractivity contribution in [1.82, 2.24) is 14.5 Å². The van der Waals surface area contributed by atoms with Crippen LogP contribution in [-0.2, 0) is 26.2 Å². The molecule has 36 heavy (non-hydrogen) atoms. The lowest BCUT2D eigenvalue weighted by atomic mass is 9.95. The summed E-state index contributed by atoms with van der Waals surface area (Å²) in [5.41, 5.74) is 0.792. The molecule has 0 aliphatic heterocycles. The van der Waals surface area contributed by atoms with Gasteiger partial charge in [-0.1, -0.05) is 61.5 Å². The quantitative estimate of drug-likeness (QED) is 0.454. The number of sulfonamides is 1. The lowest BCUT2D eigenvalue weighted by Crippen LogP contribution is -2.53. The van der Waals surface area contributed by atoms with Crippen LogP contribution in [0.1, 0.15) is 51.0 Å². The van der Waals surface area contributed by atoms with Crippen molar-refractivity contribution in [3.05, 3.63) is 64.1 Å². The number of halogens is 2. The lowest BCUT2D eigenvalue weighted by molar-refractivity contribution is -0.141. The molecule has 196 valence electrons. The molecule has 0 aromatic heterocycles. The highest BCUT2D eigenvalue weighted by atomic mass is 35.5. The molecule has 0 heterocycles. The predicted molar refractivity (Wildman–Crippen MR) is 142 cm³/mol. The van der Waals surface area contributed by atoms with Crippen LogP contribution < -0.4 is 5.32 Å². The zero-order chi connectivity index (χ0) is 26.3. The zero-order valence-electron chi connectivity index (χ0n) is 20.6. The molecule has 0 unspecified atom stereocenters. The Hall–Kier alpha value is -2.13. The summed E-state index contributed by atoms with van der Waals surface area (Å²) in [5.74, 6) is -0.675. The summed E-state index contributed by atoms with van der Waals surface area (Å²) in [5, 5.41) is 4.09. The van der Waals surface area contributed by atoms with Gasteiger partial charge in [0, 0.05) is 29.7 Å². The first-order chi connectivity index (χ1) is 17.1. The largest absolute Gasteiger partial charge is 0.352 e. The Morgan fingerprint density at radius 3 is 2.08 bits per heavy atom. The molecule has 10 heteroatoms. The van der Waals surface area contributed by atoms with Crippen molar-refractivity contribution in [2.24, 2.45) is 0 Å². The Bertz CT molecular complexity index is 1130. The van der Waals surface area contributed by atoms with Crippen LogP contribution in [0.3, 0.4) is 0 Å². The zero-order valence-corrected chi connectivity index (χ0v) is 23.0. The standard InChI is InChI=1S/C26H33Cl2N3O4S/c1-3-24(26(33)29-22-7-5-4-6-8-22)31(17-19-9-11-20(27)12-10-19)25(32)18-30(2)36(34,35)23-15-13-21(28)14-16-23/h9-16,22,24H,3-8,17-18H2,1-2H3,(H,29,33)/t24-/m1/s1. The van der Waals surface area contributed by atoms with Gasteiger partial charge in [0.2, 0.25) is 21.8 Å². The van der Waals surface area contributed by atoms with Crippen LogP contribution in [-0.4, -0.2) is 55.1 Å². The molecule has 0 bridgehead atoms. The summed E-state index contributed by atoms with van der Waals surface area (Å²) in [7, 11) is -2.58. The van der Waals surface area contributed by atoms with Gasteiger partial charge in [-0.3, -0.25) is 9.59 Å². The van der Waals surface area contributed by atoms with Crippen LogP contribution in [0.25, 0.3) is 0 Å². The molecule has 2 aromatic rings. The van der Waals surface area contributed by atoms with E-state index < -0.39 is 28.5 Å². The molecular formula is C26H33Cl2N3O4S. The summed E-state index contributed by atoms with van der Waals surface area (Å²) >= 11 is 11.9. The first-order valence-electron chi connectivity index (χ1n) is 12.2. The van der Waals surface area contributed by atoms with Crippen LogP contribution in [0, 0.1) is 0 Å². The normalized spacial score (nSPS) is 15.5. The van der Waals surface area contributed by atoms with Gasteiger partial charge in [-0.15, -0.1) is 0 Å². The molecule has 0 radical (unpaired) electrons. The second-order valence-electron chi connectivity index (χ2n) is 9.13. The second-order valence-corrected chi connectivity index (χ2v) is 12.0. The molecule has 3 rings (SSSR count). The lowest BCUT2D eigenvalue weighted by Gasteiger charge is -2.33. The molecule has 1 fully saturated rings. The van der Waals surface area contributed by atoms with Crippen molar-refractivity contribution < 1.29 is 18.0 Å². The van der Waals surface area contributed by atoms with Crippen molar-refractivity contribution in [1.29, 1.82) is 0 Å². The smallest absolute Gasteiger partial charge is 0.243 e. The highest BCUT2D eigenvalue weighted by Gasteiger charge is 2.32. The maximum absolute atomic E-state index is 13.5. The van der Waals surface area contributed by atoms with Crippen LogP contribution in [0.15, 0.2) is 53.4 Å². The fourth-order valence-electron chi connectivity index (χ4n) is 4.40. The van der Waals surface area contributed by atoms with Crippen molar-refractivity contribution in [2.45, 2.75) is 69.0 Å². The third kappa shape index (κ3) is 7.44. The van der Waals surface area contributed by atoms with Gasteiger partial charge in [0.25, 0.3) is 0 Å². The number of carbonyl (C=O) groups is 2. The van der Waals surface area contributed by atoms with Gasteiger partial charge in [-0.2, -0.15) is 4.31 Å². The van der Waals surface area contributed by atoms with E-state index in [1.807, 2.05) is 6.92 Å². The van der Waals surface area contributed by atoms with Crippen LogP contribution in [0.4, 0.5) is 0 Å². The van der Waals surface area contributed by atoms with Gasteiger partial charge in [0.05, 0.1) is 11.4 Å². The fraction of sp³-hybridized carbons (Fsp3) is 0.462. The molecule has 1 saturated carbocycles. The van der Waals surface area contributed by atoms with Crippen molar-refractivity contribution in [3.8, 4) is 0 Å². The number of hydrogen-bond acceptors (Lipinski definition) is 4. The number of rotatable bonds is 10. The number of hydrogen-bond donors (Lipinski definition) is 1. The molecule has 0 spiro atoms. The van der Waals surface area contributed by atoms with E-state index in [9.17, 15) is 18.0 Å². The van der Waals surface area contributed by atoms with E-state index >= 15 is 0 Å². The molecule has 1 aliphatic rings. The summed E-state index contributed by atoms with van der Waals surface area (Å²) in [6.45, 7) is 1.59. The number of benzene rings is 2. The summed E-state index contributed by atoms with van der Waals surface area (Å²) < 4.78 is 27.1. The molecule has 1 atom stereocenters. The number of amides is 2. The van der Waals surface area contributed by atoms with Crippen molar-refractivity contribution >= 4 is 45.0 Å². The summed E-state index contributed by atoms with van der Waals surface area (Å²) in [6, 6.07) is 12.2. The van der Waals surface area contributed by atoms with Crippen LogP contribution >= 0.6 is 23.2 Å². The minimum atomic E-state index is -3.93. The van der Waals surface area contributed by atoms with E-state index in [1.54, 1.807) is 24.3 Å². The Kier molecular flexibility index (Phi) is 10.2. The van der Waals surface area contributed by atoms with Gasteiger partial charge < -0.3 is 10.2 Å². The summed E-state index contributed by atoms with van der Waals surface area (Å²) in [4.78, 5) is 28.3. The van der Waals surface area contributed by atoms with Crippen LogP contribution in [0.5, 0.6) is 0 Å². The number of nitrogens with zero attached hydrogens (tertiary/aromatic N) is 2. The summed E-state index contributed by atoms with van der Waals surface area (Å²) in [6.07, 6.45) is 5.56. The van der Waals surface area contributed by atoms with Gasteiger partial charge in [0.15, 0.2) is 0 Å². The molecule has 0 saturated heterocycles. The van der Waals surface area contributed by atoms with Gasteiger partial charge in [-0.05, 0) is 61.2 Å². The first-order valence-corrected chi connectivity index (χ1v) is 14.4. The maximum Gasteiger partial charge on any atom is 0.243 e. The Balaban J connectivity index is 1.82. The maximum atomic E-state index is 13.5. The number of likely N-dealkylation sites (N-methyl/N-ethyl adjacent to an activating group) is 1. The number of nitrogens with one attached hydrogen (secondary N) is 1. The average Bonchev–Trinajstić information content (AvgIpc) is 2.86. The van der Waals surface area contributed by atoms with E-state index in [4.69, 9.17) is 23.2 Å². The minimum absolute atomic E-state index is 0.0357. The van der Waals surface area contributed by atoms with Crippen LogP contribution in [0.2, 0.25) is 10.0 Å². The molecule has 1 aliphatic carbocycles. The average molecular weight is 555 g/mol. The van der Waals surface area contributed by atoms with Gasteiger partial charge in [-0.25, -0.2) is 8.42 Å². The van der Waals surface area contributed by atoms with E-state index in [2.05, 4.69) is 5.32 Å². The monoisotopic (exact) mass is 553 g/mol. The molecule has 2 aromatic carbocycles. The Morgan fingerprint density at radius 2 is 1.53 bits per heavy atom. The van der Waals surface area contributed by atoms with E-state index in [0.717, 1.165) is 35.6 Å². The molecule has 2 amide bonds. The third-order valence-corrected chi connectivity index (χ3v) is 8.80. The molecular weight excluding hydrogens is 521 g/mol. The fourth-order valence-corrected chi connectivity index (χ4v) is 5.78. The molecule has 7 nitrogen and oxygen atoms in total. The van der Waals surface area contributed by atoms with Crippen molar-refractivity contribution in [3.63, 3.8) is 0 Å². The van der Waals surface area contributed by atoms with Crippen molar-refractivity contribution in [2.75, 3.05) is 13.6 Å². The highest BCUT2D eigenvalue weighted by Crippen LogP contribution is 2.21. The Labute approximate surface area is 223 Å². The van der Waals surface area contributed by atoms with Gasteiger partial charge in [0.1, 0.15) is 6.04 Å². The topological polar surface area (TPSA) is 86.8 Å². The third-order valence-electron chi connectivity index (χ3n) is 6.48. The van der Waals surface area contributed by atoms with E-state index in [0.29, 0.717) is 16.5 Å². The molecule has 1 N–H and O–H groups in total.